The highest BCUT2D eigenvalue weighted by atomic mass is 32.2. The van der Waals surface area contributed by atoms with Crippen molar-refractivity contribution in [2.75, 3.05) is 19.0 Å². The molecule has 0 bridgehead atoms. The minimum Gasteiger partial charge on any atom is -0.384 e. The molecule has 7 heteroatoms. The van der Waals surface area contributed by atoms with Crippen LogP contribution in [-0.2, 0) is 19.6 Å². The van der Waals surface area contributed by atoms with Crippen molar-refractivity contribution in [3.05, 3.63) is 48.5 Å². The lowest BCUT2D eigenvalue weighted by Gasteiger charge is -2.14. The van der Waals surface area contributed by atoms with Gasteiger partial charge in [-0.15, -0.1) is 0 Å². The van der Waals surface area contributed by atoms with Crippen LogP contribution in [0.25, 0.3) is 11.1 Å². The number of nitrogens with one attached hydrogen (secondary N) is 1. The highest BCUT2D eigenvalue weighted by molar-refractivity contribution is 7.86. The summed E-state index contributed by atoms with van der Waals surface area (Å²) in [6.07, 6.45) is 0.0739. The third-order valence-corrected chi connectivity index (χ3v) is 4.08. The molecule has 0 spiro atoms. The van der Waals surface area contributed by atoms with Gasteiger partial charge in [-0.05, 0) is 11.6 Å². The molecule has 0 fully saturated rings. The van der Waals surface area contributed by atoms with E-state index in [0.29, 0.717) is 5.56 Å². The summed E-state index contributed by atoms with van der Waals surface area (Å²) in [7, 11) is -3.01. The molecule has 2 rings (SSSR count). The van der Waals surface area contributed by atoms with Gasteiger partial charge in [0.05, 0.1) is 18.7 Å². The van der Waals surface area contributed by atoms with Crippen LogP contribution in [-0.4, -0.2) is 32.6 Å². The maximum atomic E-state index is 12.0. The number of para-hydroxylation sites is 1. The van der Waals surface area contributed by atoms with Crippen molar-refractivity contribution in [2.45, 2.75) is 11.3 Å². The van der Waals surface area contributed by atoms with E-state index < -0.39 is 16.0 Å². The predicted octanol–water partition coefficient (Wildman–Crippen LogP) is 2.58. The first-order chi connectivity index (χ1) is 10.9. The number of ether oxygens (including phenoxy) is 1. The predicted molar refractivity (Wildman–Crippen MR) is 86.8 cm³/mol. The molecule has 0 aliphatic heterocycles. The summed E-state index contributed by atoms with van der Waals surface area (Å²) in [6.45, 7) is 0.209. The summed E-state index contributed by atoms with van der Waals surface area (Å²) in [5, 5.41) is 2.56. The topological polar surface area (TPSA) is 92.7 Å². The number of anilines is 1. The van der Waals surface area contributed by atoms with E-state index in [1.807, 2.05) is 6.07 Å². The van der Waals surface area contributed by atoms with Gasteiger partial charge in [-0.2, -0.15) is 8.42 Å². The number of carbonyl (C=O) groups is 1. The van der Waals surface area contributed by atoms with E-state index in [-0.39, 0.29) is 23.6 Å². The zero-order valence-corrected chi connectivity index (χ0v) is 13.3. The van der Waals surface area contributed by atoms with Crippen LogP contribution in [0.2, 0.25) is 0 Å². The van der Waals surface area contributed by atoms with E-state index in [4.69, 9.17) is 4.74 Å². The summed E-state index contributed by atoms with van der Waals surface area (Å²) < 4.78 is 37.5. The molecular weight excluding hydrogens is 318 g/mol. The minimum atomic E-state index is -4.48. The van der Waals surface area contributed by atoms with Crippen LogP contribution in [0.1, 0.15) is 6.42 Å². The van der Waals surface area contributed by atoms with E-state index in [0.717, 1.165) is 5.56 Å². The molecule has 122 valence electrons. The highest BCUT2D eigenvalue weighted by Crippen LogP contribution is 2.33. The van der Waals surface area contributed by atoms with Crippen LogP contribution >= 0.6 is 0 Å². The Morgan fingerprint density at radius 3 is 2.43 bits per heavy atom. The van der Waals surface area contributed by atoms with Gasteiger partial charge in [-0.25, -0.2) is 0 Å². The summed E-state index contributed by atoms with van der Waals surface area (Å²) in [5.41, 5.74) is 1.29. The molecule has 0 aliphatic carbocycles. The van der Waals surface area contributed by atoms with Gasteiger partial charge in [0.15, 0.2) is 0 Å². The van der Waals surface area contributed by atoms with Gasteiger partial charge in [0, 0.05) is 12.7 Å². The summed E-state index contributed by atoms with van der Waals surface area (Å²) >= 11 is 0. The van der Waals surface area contributed by atoms with E-state index in [2.05, 4.69) is 5.32 Å². The average molecular weight is 335 g/mol. The monoisotopic (exact) mass is 335 g/mol. The molecule has 2 N–H and O–H groups in total. The number of methoxy groups -OCH3 is 1. The molecular formula is C16H17NO5S. The van der Waals surface area contributed by atoms with E-state index >= 15 is 0 Å². The maximum absolute atomic E-state index is 12.0. The second kappa shape index (κ2) is 7.36. The minimum absolute atomic E-state index is 0.0577. The number of carbonyl (C=O) groups excluding carboxylic acids is 1. The third kappa shape index (κ3) is 4.38. The lowest BCUT2D eigenvalue weighted by molar-refractivity contribution is -0.117. The summed E-state index contributed by atoms with van der Waals surface area (Å²) in [4.78, 5) is 11.6. The quantitative estimate of drug-likeness (QED) is 0.792. The largest absolute Gasteiger partial charge is 0.384 e. The van der Waals surface area contributed by atoms with Gasteiger partial charge < -0.3 is 10.1 Å². The molecule has 0 atom stereocenters. The van der Waals surface area contributed by atoms with E-state index in [1.54, 1.807) is 30.3 Å². The maximum Gasteiger partial charge on any atom is 0.296 e. The second-order valence-electron chi connectivity index (χ2n) is 4.81. The average Bonchev–Trinajstić information content (AvgIpc) is 2.53. The Kier molecular flexibility index (Phi) is 5.49. The Labute approximate surface area is 134 Å². The first kappa shape index (κ1) is 17.1. The smallest absolute Gasteiger partial charge is 0.296 e. The molecule has 1 amide bonds. The fourth-order valence-electron chi connectivity index (χ4n) is 2.13. The Morgan fingerprint density at radius 1 is 1.13 bits per heavy atom. The van der Waals surface area contributed by atoms with Crippen molar-refractivity contribution < 1.29 is 22.5 Å². The lowest BCUT2D eigenvalue weighted by Crippen LogP contribution is -2.16. The van der Waals surface area contributed by atoms with Crippen molar-refractivity contribution in [1.29, 1.82) is 0 Å². The first-order valence-corrected chi connectivity index (χ1v) is 8.32. The van der Waals surface area contributed by atoms with E-state index in [1.165, 1.54) is 19.2 Å². The fraction of sp³-hybridized carbons (Fsp3) is 0.188. The molecule has 0 aromatic heterocycles. The SMILES string of the molecule is COCCC(=O)Nc1c(-c2ccccc2)cccc1S(=O)(=O)O. The van der Waals surface area contributed by atoms with Crippen LogP contribution in [0.4, 0.5) is 5.69 Å². The molecule has 0 unspecified atom stereocenters. The Morgan fingerprint density at radius 2 is 1.83 bits per heavy atom. The van der Waals surface area contributed by atoms with Crippen molar-refractivity contribution in [3.8, 4) is 11.1 Å². The molecule has 6 nitrogen and oxygen atoms in total. The highest BCUT2D eigenvalue weighted by Gasteiger charge is 2.20. The van der Waals surface area contributed by atoms with Gasteiger partial charge >= 0.3 is 0 Å². The van der Waals surface area contributed by atoms with Gasteiger partial charge in [0.25, 0.3) is 10.1 Å². The molecule has 0 radical (unpaired) electrons. The standard InChI is InChI=1S/C16H17NO5S/c1-22-11-10-15(18)17-16-13(12-6-3-2-4-7-12)8-5-9-14(16)23(19,20)21/h2-9H,10-11H2,1H3,(H,17,18)(H,19,20,21). The molecule has 0 aliphatic rings. The fourth-order valence-corrected chi connectivity index (χ4v) is 2.80. The van der Waals surface area contributed by atoms with Crippen LogP contribution in [0.15, 0.2) is 53.4 Å². The zero-order chi connectivity index (χ0) is 16.9. The Hall–Kier alpha value is -2.22. The number of benzene rings is 2. The molecule has 0 heterocycles. The van der Waals surface area contributed by atoms with Crippen molar-refractivity contribution in [2.24, 2.45) is 0 Å². The molecule has 0 saturated heterocycles. The van der Waals surface area contributed by atoms with Gasteiger partial charge in [-0.1, -0.05) is 42.5 Å². The Balaban J connectivity index is 2.53. The van der Waals surface area contributed by atoms with E-state index in [9.17, 15) is 17.8 Å². The first-order valence-electron chi connectivity index (χ1n) is 6.88. The van der Waals surface area contributed by atoms with Crippen LogP contribution < -0.4 is 5.32 Å². The number of hydrogen-bond acceptors (Lipinski definition) is 4. The van der Waals surface area contributed by atoms with Gasteiger partial charge in [0.2, 0.25) is 5.91 Å². The van der Waals surface area contributed by atoms with Gasteiger partial charge in [-0.3, -0.25) is 9.35 Å². The van der Waals surface area contributed by atoms with Gasteiger partial charge in [0.1, 0.15) is 4.90 Å². The number of amides is 1. The van der Waals surface area contributed by atoms with Crippen molar-refractivity contribution in [1.82, 2.24) is 0 Å². The number of rotatable bonds is 6. The normalized spacial score (nSPS) is 11.2. The van der Waals surface area contributed by atoms with Crippen LogP contribution in [0, 0.1) is 0 Å². The van der Waals surface area contributed by atoms with Crippen LogP contribution in [0.5, 0.6) is 0 Å². The zero-order valence-electron chi connectivity index (χ0n) is 12.5. The second-order valence-corrected chi connectivity index (χ2v) is 6.20. The number of hydrogen-bond donors (Lipinski definition) is 2. The molecule has 23 heavy (non-hydrogen) atoms. The van der Waals surface area contributed by atoms with Crippen molar-refractivity contribution in [3.63, 3.8) is 0 Å². The summed E-state index contributed by atoms with van der Waals surface area (Å²) in [6, 6.07) is 13.4. The summed E-state index contributed by atoms with van der Waals surface area (Å²) in [5.74, 6) is -0.403. The molecule has 2 aromatic carbocycles. The lowest BCUT2D eigenvalue weighted by atomic mass is 10.0. The Bertz CT molecular complexity index is 787. The molecule has 2 aromatic rings. The molecule has 0 saturated carbocycles. The van der Waals surface area contributed by atoms with Crippen molar-refractivity contribution >= 4 is 21.7 Å². The third-order valence-electron chi connectivity index (χ3n) is 3.19. The van der Waals surface area contributed by atoms with Crippen LogP contribution in [0.3, 0.4) is 0 Å².